The minimum Gasteiger partial charge on any atom is -0.493 e. The molecule has 96 valence electrons. The molecule has 2 N–H and O–H groups in total. The van der Waals surface area contributed by atoms with Gasteiger partial charge in [-0.15, -0.1) is 0 Å². The molecule has 0 aliphatic carbocycles. The SMILES string of the molecule is O=c1[nH]c(O)c(Sc2ccc3ccccc3c2Br)s1. The van der Waals surface area contributed by atoms with Crippen LogP contribution in [0.2, 0.25) is 0 Å². The number of H-pyrrole nitrogens is 1. The van der Waals surface area contributed by atoms with Crippen molar-refractivity contribution in [2.45, 2.75) is 9.10 Å². The molecule has 6 heteroatoms. The fraction of sp³-hybridized carbons (Fsp3) is 0. The number of rotatable bonds is 2. The van der Waals surface area contributed by atoms with Gasteiger partial charge >= 0.3 is 4.87 Å². The maximum absolute atomic E-state index is 11.2. The summed E-state index contributed by atoms with van der Waals surface area (Å²) in [5.41, 5.74) is 0. The van der Waals surface area contributed by atoms with Gasteiger partial charge in [-0.05, 0) is 32.8 Å². The molecule has 0 aliphatic rings. The summed E-state index contributed by atoms with van der Waals surface area (Å²) in [6.07, 6.45) is 0. The number of hydrogen-bond acceptors (Lipinski definition) is 4. The quantitative estimate of drug-likeness (QED) is 0.725. The molecule has 1 heterocycles. The second-order valence-corrected chi connectivity index (χ2v) is 6.94. The highest BCUT2D eigenvalue weighted by Crippen LogP contribution is 2.41. The van der Waals surface area contributed by atoms with Crippen molar-refractivity contribution in [3.8, 4) is 5.88 Å². The van der Waals surface area contributed by atoms with E-state index in [1.807, 2.05) is 36.4 Å². The first-order valence-electron chi connectivity index (χ1n) is 5.42. The Morgan fingerprint density at radius 3 is 2.74 bits per heavy atom. The highest BCUT2D eigenvalue weighted by Gasteiger charge is 2.12. The van der Waals surface area contributed by atoms with E-state index in [0.29, 0.717) is 4.21 Å². The van der Waals surface area contributed by atoms with Crippen LogP contribution in [-0.4, -0.2) is 10.1 Å². The number of nitrogens with one attached hydrogen (secondary N) is 1. The Morgan fingerprint density at radius 1 is 1.21 bits per heavy atom. The Bertz CT molecular complexity index is 810. The molecule has 0 spiro atoms. The van der Waals surface area contributed by atoms with Crippen LogP contribution in [0.4, 0.5) is 0 Å². The summed E-state index contributed by atoms with van der Waals surface area (Å²) >= 11 is 5.96. The molecule has 2 aromatic carbocycles. The third-order valence-electron chi connectivity index (χ3n) is 2.63. The molecular weight excluding hydrogens is 346 g/mol. The minimum atomic E-state index is -0.253. The van der Waals surface area contributed by atoms with E-state index < -0.39 is 0 Å². The fourth-order valence-corrected chi connectivity index (χ4v) is 4.31. The Hall–Kier alpha value is -1.24. The molecule has 0 saturated heterocycles. The molecule has 0 fully saturated rings. The third kappa shape index (κ3) is 2.43. The number of halogens is 1. The van der Waals surface area contributed by atoms with Gasteiger partial charge in [-0.2, -0.15) is 0 Å². The maximum Gasteiger partial charge on any atom is 0.308 e. The number of hydrogen-bond donors (Lipinski definition) is 2. The van der Waals surface area contributed by atoms with Gasteiger partial charge in [-0.25, -0.2) is 0 Å². The lowest BCUT2D eigenvalue weighted by molar-refractivity contribution is 0.445. The summed E-state index contributed by atoms with van der Waals surface area (Å²) in [6.45, 7) is 0. The van der Waals surface area contributed by atoms with Crippen LogP contribution in [0.3, 0.4) is 0 Å². The van der Waals surface area contributed by atoms with Crippen molar-refractivity contribution < 1.29 is 5.11 Å². The zero-order chi connectivity index (χ0) is 13.4. The topological polar surface area (TPSA) is 53.1 Å². The summed E-state index contributed by atoms with van der Waals surface area (Å²) in [7, 11) is 0. The monoisotopic (exact) mass is 353 g/mol. The largest absolute Gasteiger partial charge is 0.493 e. The Balaban J connectivity index is 2.08. The average molecular weight is 354 g/mol. The van der Waals surface area contributed by atoms with E-state index in [1.54, 1.807) is 0 Å². The molecule has 0 saturated carbocycles. The van der Waals surface area contributed by atoms with Gasteiger partial charge in [0.25, 0.3) is 0 Å². The van der Waals surface area contributed by atoms with Crippen LogP contribution < -0.4 is 4.87 Å². The summed E-state index contributed by atoms with van der Waals surface area (Å²) < 4.78 is 1.54. The van der Waals surface area contributed by atoms with Crippen molar-refractivity contribution in [3.05, 3.63) is 50.5 Å². The maximum atomic E-state index is 11.2. The highest BCUT2D eigenvalue weighted by molar-refractivity contribution is 9.10. The Morgan fingerprint density at radius 2 is 2.00 bits per heavy atom. The predicted molar refractivity (Wildman–Crippen MR) is 82.4 cm³/mol. The average Bonchev–Trinajstić information content (AvgIpc) is 2.72. The van der Waals surface area contributed by atoms with Gasteiger partial charge in [0.2, 0.25) is 5.88 Å². The Kier molecular flexibility index (Phi) is 3.38. The molecule has 0 aliphatic heterocycles. The van der Waals surface area contributed by atoms with Gasteiger partial charge in [-0.1, -0.05) is 53.4 Å². The predicted octanol–water partition coefficient (Wildman–Crippen LogP) is 4.21. The Labute approximate surface area is 125 Å². The molecule has 3 aromatic rings. The first-order chi connectivity index (χ1) is 9.15. The minimum absolute atomic E-state index is 0.0694. The van der Waals surface area contributed by atoms with Gasteiger partial charge < -0.3 is 5.11 Å². The van der Waals surface area contributed by atoms with E-state index in [-0.39, 0.29) is 10.8 Å². The number of aromatic nitrogens is 1. The van der Waals surface area contributed by atoms with Crippen LogP contribution in [0.5, 0.6) is 5.88 Å². The number of benzene rings is 2. The van der Waals surface area contributed by atoms with E-state index in [2.05, 4.69) is 20.9 Å². The van der Waals surface area contributed by atoms with Crippen LogP contribution in [0.1, 0.15) is 0 Å². The van der Waals surface area contributed by atoms with E-state index >= 15 is 0 Å². The molecule has 3 nitrogen and oxygen atoms in total. The number of fused-ring (bicyclic) bond motifs is 1. The first-order valence-corrected chi connectivity index (χ1v) is 7.85. The second kappa shape index (κ2) is 5.03. The van der Waals surface area contributed by atoms with E-state index in [0.717, 1.165) is 31.5 Å². The third-order valence-corrected chi connectivity index (χ3v) is 5.85. The van der Waals surface area contributed by atoms with Crippen molar-refractivity contribution >= 4 is 49.8 Å². The van der Waals surface area contributed by atoms with Crippen molar-refractivity contribution in [1.82, 2.24) is 4.98 Å². The molecule has 0 amide bonds. The van der Waals surface area contributed by atoms with Gasteiger partial charge in [0.1, 0.15) is 4.21 Å². The zero-order valence-electron chi connectivity index (χ0n) is 9.51. The standard InChI is InChI=1S/C13H8BrNO2S2/c14-10-8-4-2-1-3-7(8)5-6-9(10)18-12-11(16)15-13(17)19-12/h1-6,16H,(H,15,17). The van der Waals surface area contributed by atoms with Crippen LogP contribution in [0.25, 0.3) is 10.8 Å². The molecule has 1 aromatic heterocycles. The molecule has 0 bridgehead atoms. The smallest absolute Gasteiger partial charge is 0.308 e. The molecule has 0 unspecified atom stereocenters. The van der Waals surface area contributed by atoms with Crippen molar-refractivity contribution in [1.29, 1.82) is 0 Å². The fourth-order valence-electron chi connectivity index (χ4n) is 1.77. The first kappa shape index (κ1) is 12.8. The van der Waals surface area contributed by atoms with Crippen LogP contribution in [-0.2, 0) is 0 Å². The lowest BCUT2D eigenvalue weighted by atomic mass is 10.1. The van der Waals surface area contributed by atoms with Crippen molar-refractivity contribution in [2.75, 3.05) is 0 Å². The molecular formula is C13H8BrNO2S2. The van der Waals surface area contributed by atoms with Crippen LogP contribution in [0, 0.1) is 0 Å². The second-order valence-electron chi connectivity index (χ2n) is 3.85. The van der Waals surface area contributed by atoms with Gasteiger partial charge in [-0.3, -0.25) is 9.78 Å². The zero-order valence-corrected chi connectivity index (χ0v) is 12.7. The summed E-state index contributed by atoms with van der Waals surface area (Å²) in [5, 5.41) is 11.9. The summed E-state index contributed by atoms with van der Waals surface area (Å²) in [4.78, 5) is 14.3. The van der Waals surface area contributed by atoms with Crippen molar-refractivity contribution in [2.24, 2.45) is 0 Å². The normalized spacial score (nSPS) is 11.0. The van der Waals surface area contributed by atoms with Gasteiger partial charge in [0, 0.05) is 9.37 Å². The number of aromatic amines is 1. The molecule has 0 atom stereocenters. The van der Waals surface area contributed by atoms with E-state index in [1.165, 1.54) is 11.8 Å². The van der Waals surface area contributed by atoms with Crippen LogP contribution in [0.15, 0.2) is 54.8 Å². The van der Waals surface area contributed by atoms with E-state index in [4.69, 9.17) is 0 Å². The van der Waals surface area contributed by atoms with Gasteiger partial charge in [0.05, 0.1) is 0 Å². The van der Waals surface area contributed by atoms with Crippen LogP contribution >= 0.6 is 39.0 Å². The summed E-state index contributed by atoms with van der Waals surface area (Å²) in [5.74, 6) is -0.0694. The lowest BCUT2D eigenvalue weighted by Gasteiger charge is -2.06. The van der Waals surface area contributed by atoms with Gasteiger partial charge in [0.15, 0.2) is 0 Å². The highest BCUT2D eigenvalue weighted by atomic mass is 79.9. The number of thiazole rings is 1. The lowest BCUT2D eigenvalue weighted by Crippen LogP contribution is -1.89. The van der Waals surface area contributed by atoms with E-state index in [9.17, 15) is 9.90 Å². The summed E-state index contributed by atoms with van der Waals surface area (Å²) in [6, 6.07) is 12.0. The van der Waals surface area contributed by atoms with Crippen molar-refractivity contribution in [3.63, 3.8) is 0 Å². The number of aromatic hydroxyl groups is 1. The molecule has 19 heavy (non-hydrogen) atoms. The molecule has 0 radical (unpaired) electrons. The molecule has 3 rings (SSSR count).